The summed E-state index contributed by atoms with van der Waals surface area (Å²) in [5, 5.41) is 0. The van der Waals surface area contributed by atoms with E-state index in [2.05, 4.69) is 113 Å². The van der Waals surface area contributed by atoms with E-state index in [9.17, 15) is 0 Å². The van der Waals surface area contributed by atoms with Crippen LogP contribution >= 0.6 is 45.3 Å². The first-order valence-electron chi connectivity index (χ1n) is 15.1. The average molecular weight is 645 g/mol. The Bertz CT molecular complexity index is 2390. The van der Waals surface area contributed by atoms with Gasteiger partial charge in [-0.2, -0.15) is 0 Å². The molecular weight excluding hydrogens is 613 g/mol. The van der Waals surface area contributed by atoms with Crippen LogP contribution in [0.15, 0.2) is 48.5 Å². The molecule has 2 aliphatic rings. The van der Waals surface area contributed by atoms with Crippen molar-refractivity contribution >= 4 is 92.8 Å². The Morgan fingerprint density at radius 3 is 1.33 bits per heavy atom. The van der Waals surface area contributed by atoms with Crippen molar-refractivity contribution < 1.29 is 0 Å². The summed E-state index contributed by atoms with van der Waals surface area (Å²) in [6.07, 6.45) is 0. The first kappa shape index (κ1) is 27.6. The van der Waals surface area contributed by atoms with Crippen LogP contribution in [0.5, 0.6) is 0 Å². The van der Waals surface area contributed by atoms with Gasteiger partial charge in [0.1, 0.15) is 8.07 Å². The van der Waals surface area contributed by atoms with Crippen molar-refractivity contribution in [1.29, 1.82) is 0 Å². The molecule has 2 aliphatic carbocycles. The Kier molecular flexibility index (Phi) is 6.30. The highest BCUT2D eigenvalue weighted by Crippen LogP contribution is 2.54. The van der Waals surface area contributed by atoms with Gasteiger partial charge >= 0.3 is 0 Å². The molecule has 0 unspecified atom stereocenters. The molecule has 0 spiro atoms. The van der Waals surface area contributed by atoms with Gasteiger partial charge in [-0.3, -0.25) is 0 Å². The Morgan fingerprint density at radius 1 is 0.512 bits per heavy atom. The van der Waals surface area contributed by atoms with Gasteiger partial charge in [-0.05, 0) is 45.8 Å². The van der Waals surface area contributed by atoms with E-state index in [4.69, 9.17) is 0 Å². The monoisotopic (exact) mass is 644 g/mol. The SMILES string of the molecule is CC#CC1=c2sc3c(sc4c5sc6c(c5sc34)-c3ccccc3C=6C#C[Si](C(C)C)(C(C)C)C(C)C)c2-c2ccccc21. The molecule has 0 N–H and O–H groups in total. The third kappa shape index (κ3) is 3.61. The van der Waals surface area contributed by atoms with Gasteiger partial charge in [0.05, 0.1) is 42.8 Å². The summed E-state index contributed by atoms with van der Waals surface area (Å²) in [6, 6.07) is 17.8. The first-order valence-corrected chi connectivity index (χ1v) is 20.6. The minimum Gasteiger partial charge on any atom is -0.131 e. The van der Waals surface area contributed by atoms with Crippen molar-refractivity contribution in [2.75, 3.05) is 0 Å². The second-order valence-electron chi connectivity index (χ2n) is 12.7. The predicted molar refractivity (Wildman–Crippen MR) is 198 cm³/mol. The zero-order chi connectivity index (χ0) is 29.8. The van der Waals surface area contributed by atoms with E-state index in [0.717, 1.165) is 0 Å². The number of fused-ring (bicyclic) bond motifs is 13. The molecule has 5 heteroatoms. The summed E-state index contributed by atoms with van der Waals surface area (Å²) >= 11 is 7.92. The van der Waals surface area contributed by atoms with Crippen LogP contribution in [0.2, 0.25) is 16.6 Å². The van der Waals surface area contributed by atoms with Crippen molar-refractivity contribution in [3.63, 3.8) is 0 Å². The van der Waals surface area contributed by atoms with E-state index in [1.807, 2.05) is 52.3 Å². The average Bonchev–Trinajstić information content (AvgIpc) is 3.78. The molecule has 212 valence electrons. The van der Waals surface area contributed by atoms with Gasteiger partial charge in [-0.25, -0.2) is 0 Å². The molecule has 0 atom stereocenters. The molecule has 43 heavy (non-hydrogen) atoms. The minimum atomic E-state index is -1.85. The van der Waals surface area contributed by atoms with Crippen LogP contribution < -0.4 is 9.06 Å². The van der Waals surface area contributed by atoms with E-state index in [-0.39, 0.29) is 0 Å². The lowest BCUT2D eigenvalue weighted by Gasteiger charge is -2.38. The standard InChI is InChI=1S/C38H32S4Si/c1-8-13-27-23-14-9-11-16-25(23)29-31(27)39-35-33(29)41-38-36-34(42-37(35)38)30-26-17-12-10-15-24(26)28(32(30)40-36)18-19-43(20(2)3,21(4)5)22(6)7/h9-12,14-17,20-22H,1-7H3. The Morgan fingerprint density at radius 2 is 0.907 bits per heavy atom. The van der Waals surface area contributed by atoms with Crippen LogP contribution in [0.3, 0.4) is 0 Å². The molecule has 4 heterocycles. The highest BCUT2D eigenvalue weighted by molar-refractivity contribution is 7.44. The topological polar surface area (TPSA) is 0 Å². The highest BCUT2D eigenvalue weighted by Gasteiger charge is 2.42. The number of rotatable bonds is 3. The van der Waals surface area contributed by atoms with Crippen molar-refractivity contribution in [3.8, 4) is 45.6 Å². The summed E-state index contributed by atoms with van der Waals surface area (Å²) in [7, 11) is -1.85. The molecule has 0 aliphatic heterocycles. The lowest BCUT2D eigenvalue weighted by Crippen LogP contribution is -2.43. The molecule has 0 fully saturated rings. The number of hydrogen-bond donors (Lipinski definition) is 0. The smallest absolute Gasteiger partial charge is 0.131 e. The van der Waals surface area contributed by atoms with E-state index in [1.165, 1.54) is 81.8 Å². The van der Waals surface area contributed by atoms with Crippen molar-refractivity contribution in [2.45, 2.75) is 65.1 Å². The van der Waals surface area contributed by atoms with Gasteiger partial charge < -0.3 is 0 Å². The summed E-state index contributed by atoms with van der Waals surface area (Å²) in [5.74, 6) is 10.5. The maximum Gasteiger partial charge on any atom is 0.146 e. The lowest BCUT2D eigenvalue weighted by atomic mass is 10.0. The number of hydrogen-bond acceptors (Lipinski definition) is 4. The molecule has 0 saturated carbocycles. The van der Waals surface area contributed by atoms with Gasteiger partial charge in [0.25, 0.3) is 0 Å². The van der Waals surface area contributed by atoms with Crippen LogP contribution in [0.1, 0.15) is 59.6 Å². The lowest BCUT2D eigenvalue weighted by molar-refractivity contribution is 0.838. The quantitative estimate of drug-likeness (QED) is 0.133. The molecule has 0 amide bonds. The zero-order valence-electron chi connectivity index (χ0n) is 25.5. The normalized spacial score (nSPS) is 13.6. The van der Waals surface area contributed by atoms with Crippen LogP contribution in [0.25, 0.3) is 61.6 Å². The van der Waals surface area contributed by atoms with Gasteiger partial charge in [0.15, 0.2) is 0 Å². The summed E-state index contributed by atoms with van der Waals surface area (Å²) in [5.41, 5.74) is 16.5. The molecule has 0 bridgehead atoms. The molecule has 0 radical (unpaired) electrons. The Labute approximate surface area is 270 Å². The van der Waals surface area contributed by atoms with E-state index in [1.54, 1.807) is 0 Å². The van der Waals surface area contributed by atoms with Crippen LogP contribution in [-0.4, -0.2) is 8.07 Å². The van der Waals surface area contributed by atoms with Crippen molar-refractivity contribution in [2.24, 2.45) is 0 Å². The fraction of sp³-hybridized carbons (Fsp3) is 0.263. The second kappa shape index (κ2) is 9.80. The number of thiophene rings is 4. The predicted octanol–water partition coefficient (Wildman–Crippen LogP) is 11.0. The molecule has 4 aromatic heterocycles. The van der Waals surface area contributed by atoms with E-state index < -0.39 is 8.07 Å². The molecule has 6 aromatic rings. The zero-order valence-corrected chi connectivity index (χ0v) is 29.7. The highest BCUT2D eigenvalue weighted by atomic mass is 32.1. The third-order valence-electron chi connectivity index (χ3n) is 9.66. The first-order chi connectivity index (χ1) is 20.8. The van der Waals surface area contributed by atoms with Gasteiger partial charge in [-0.15, -0.1) is 56.8 Å². The van der Waals surface area contributed by atoms with Crippen LogP contribution in [0, 0.1) is 23.3 Å². The fourth-order valence-electron chi connectivity index (χ4n) is 7.82. The summed E-state index contributed by atoms with van der Waals surface area (Å²) in [4.78, 5) is 0. The maximum atomic E-state index is 4.05. The summed E-state index contributed by atoms with van der Waals surface area (Å²) in [6.45, 7) is 16.4. The van der Waals surface area contributed by atoms with E-state index in [0.29, 0.717) is 16.6 Å². The second-order valence-corrected chi connectivity index (χ2v) is 22.3. The molecule has 0 nitrogen and oxygen atoms in total. The Balaban J connectivity index is 1.41. The van der Waals surface area contributed by atoms with Crippen molar-refractivity contribution in [1.82, 2.24) is 0 Å². The minimum absolute atomic E-state index is 0.621. The van der Waals surface area contributed by atoms with Gasteiger partial charge in [0.2, 0.25) is 0 Å². The van der Waals surface area contributed by atoms with Gasteiger partial charge in [0, 0.05) is 16.7 Å². The third-order valence-corrected chi connectivity index (χ3v) is 21.5. The fourth-order valence-corrected chi connectivity index (χ4v) is 19.2. The Hall–Kier alpha value is -2.90. The van der Waals surface area contributed by atoms with Crippen molar-refractivity contribution in [3.05, 3.63) is 68.7 Å². The molecular formula is C38H32S4Si. The molecule has 0 saturated heterocycles. The molecule has 2 aromatic carbocycles. The molecule has 8 rings (SSSR count). The van der Waals surface area contributed by atoms with Gasteiger partial charge in [-0.1, -0.05) is 102 Å². The maximum absolute atomic E-state index is 4.05. The largest absolute Gasteiger partial charge is 0.146 e. The van der Waals surface area contributed by atoms with Crippen LogP contribution in [-0.2, 0) is 0 Å². The van der Waals surface area contributed by atoms with Crippen LogP contribution in [0.4, 0.5) is 0 Å². The summed E-state index contributed by atoms with van der Waals surface area (Å²) < 4.78 is 11.4. The van der Waals surface area contributed by atoms with E-state index >= 15 is 0 Å². The number of benzene rings is 2.